The maximum atomic E-state index is 6.16. The van der Waals surface area contributed by atoms with Crippen molar-refractivity contribution in [1.29, 1.82) is 0 Å². The van der Waals surface area contributed by atoms with Crippen LogP contribution in [0.2, 0.25) is 0 Å². The van der Waals surface area contributed by atoms with Crippen LogP contribution in [-0.4, -0.2) is 32.3 Å². The molecule has 3 N–H and O–H groups in total. The predicted octanol–water partition coefficient (Wildman–Crippen LogP) is 4.05. The minimum atomic E-state index is 0.0685. The molecule has 29 heavy (non-hydrogen) atoms. The van der Waals surface area contributed by atoms with E-state index in [4.69, 9.17) is 19.9 Å². The molecule has 0 amide bonds. The van der Waals surface area contributed by atoms with E-state index in [1.54, 1.807) is 0 Å². The van der Waals surface area contributed by atoms with Gasteiger partial charge in [0.25, 0.3) is 0 Å². The Kier molecular flexibility index (Phi) is 6.20. The van der Waals surface area contributed by atoms with Crippen LogP contribution in [0.25, 0.3) is 0 Å². The van der Waals surface area contributed by atoms with Crippen LogP contribution in [0.1, 0.15) is 36.5 Å². The van der Waals surface area contributed by atoms with Gasteiger partial charge in [-0.2, -0.15) is 0 Å². The Bertz CT molecular complexity index is 851. The first-order valence-electron chi connectivity index (χ1n) is 10.3. The molecule has 1 saturated heterocycles. The average Bonchev–Trinajstić information content (AvgIpc) is 2.98. The zero-order valence-electron chi connectivity index (χ0n) is 16.9. The SMILES string of the molecule is Cc1ccc(C2OCCCC2CN=C(N)Nc2ccc3c(c2)OCCCO3)cc1. The Hall–Kier alpha value is -2.73. The number of aliphatic imine (C=N–C) groups is 1. The van der Waals surface area contributed by atoms with E-state index in [-0.39, 0.29) is 6.10 Å². The minimum Gasteiger partial charge on any atom is -0.490 e. The number of rotatable bonds is 4. The van der Waals surface area contributed by atoms with E-state index in [0.29, 0.717) is 31.6 Å². The van der Waals surface area contributed by atoms with Gasteiger partial charge in [-0.1, -0.05) is 29.8 Å². The van der Waals surface area contributed by atoms with Gasteiger partial charge in [-0.05, 0) is 37.5 Å². The van der Waals surface area contributed by atoms with Crippen molar-refractivity contribution in [3.63, 3.8) is 0 Å². The molecular formula is C23H29N3O3. The first-order chi connectivity index (χ1) is 14.2. The second kappa shape index (κ2) is 9.18. The van der Waals surface area contributed by atoms with Crippen LogP contribution in [0, 0.1) is 12.8 Å². The number of hydrogen-bond acceptors (Lipinski definition) is 4. The Morgan fingerprint density at radius 1 is 1.03 bits per heavy atom. The number of benzene rings is 2. The molecule has 0 aromatic heterocycles. The molecule has 154 valence electrons. The molecule has 2 atom stereocenters. The van der Waals surface area contributed by atoms with Crippen molar-refractivity contribution in [1.82, 2.24) is 0 Å². The van der Waals surface area contributed by atoms with Crippen LogP contribution >= 0.6 is 0 Å². The highest BCUT2D eigenvalue weighted by molar-refractivity contribution is 5.92. The van der Waals surface area contributed by atoms with Gasteiger partial charge in [0.05, 0.1) is 19.3 Å². The second-order valence-electron chi connectivity index (χ2n) is 7.67. The van der Waals surface area contributed by atoms with Crippen LogP contribution in [0.3, 0.4) is 0 Å². The van der Waals surface area contributed by atoms with Crippen molar-refractivity contribution in [3.8, 4) is 11.5 Å². The molecule has 4 rings (SSSR count). The van der Waals surface area contributed by atoms with Crippen LogP contribution in [-0.2, 0) is 4.74 Å². The lowest BCUT2D eigenvalue weighted by molar-refractivity contribution is -0.0250. The Morgan fingerprint density at radius 2 is 1.83 bits per heavy atom. The summed E-state index contributed by atoms with van der Waals surface area (Å²) in [6.07, 6.45) is 3.09. The molecule has 2 heterocycles. The van der Waals surface area contributed by atoms with Crippen LogP contribution in [0.15, 0.2) is 47.5 Å². The molecular weight excluding hydrogens is 366 g/mol. The van der Waals surface area contributed by atoms with E-state index < -0.39 is 0 Å². The first kappa shape index (κ1) is 19.6. The number of nitrogens with two attached hydrogens (primary N) is 1. The van der Waals surface area contributed by atoms with Crippen LogP contribution in [0.4, 0.5) is 5.69 Å². The molecule has 2 aliphatic rings. The summed E-state index contributed by atoms with van der Waals surface area (Å²) in [5, 5.41) is 3.17. The average molecular weight is 396 g/mol. The standard InChI is InChI=1S/C23H29N3O3/c1-16-5-7-17(8-6-16)22-18(4-2-11-29-22)15-25-23(24)26-19-9-10-20-21(14-19)28-13-3-12-27-20/h5-10,14,18,22H,2-4,11-13,15H2,1H3,(H3,24,25,26). The highest BCUT2D eigenvalue weighted by Gasteiger charge is 2.27. The molecule has 1 fully saturated rings. The van der Waals surface area contributed by atoms with E-state index in [2.05, 4.69) is 41.5 Å². The lowest BCUT2D eigenvalue weighted by atomic mass is 9.89. The predicted molar refractivity (Wildman–Crippen MR) is 115 cm³/mol. The molecule has 2 aromatic carbocycles. The van der Waals surface area contributed by atoms with Crippen LogP contribution in [0.5, 0.6) is 11.5 Å². The van der Waals surface area contributed by atoms with Gasteiger partial charge in [-0.15, -0.1) is 0 Å². The number of nitrogens with zero attached hydrogens (tertiary/aromatic N) is 1. The Balaban J connectivity index is 1.41. The highest BCUT2D eigenvalue weighted by atomic mass is 16.5. The molecule has 0 radical (unpaired) electrons. The number of guanidine groups is 1. The van der Waals surface area contributed by atoms with E-state index >= 15 is 0 Å². The number of nitrogens with one attached hydrogen (secondary N) is 1. The molecule has 0 spiro atoms. The van der Waals surface area contributed by atoms with E-state index in [0.717, 1.165) is 43.1 Å². The van der Waals surface area contributed by atoms with Crippen molar-refractivity contribution in [2.45, 2.75) is 32.3 Å². The maximum Gasteiger partial charge on any atom is 0.193 e. The molecule has 2 aliphatic heterocycles. The Labute approximate surface area is 172 Å². The normalized spacial score (nSPS) is 22.0. The van der Waals surface area contributed by atoms with Crippen molar-refractivity contribution in [3.05, 3.63) is 53.6 Å². The summed E-state index contributed by atoms with van der Waals surface area (Å²) < 4.78 is 17.5. The van der Waals surface area contributed by atoms with Crippen molar-refractivity contribution < 1.29 is 14.2 Å². The van der Waals surface area contributed by atoms with Gasteiger partial charge >= 0.3 is 0 Å². The maximum absolute atomic E-state index is 6.16. The van der Waals surface area contributed by atoms with Gasteiger partial charge in [0, 0.05) is 37.2 Å². The number of fused-ring (bicyclic) bond motifs is 1. The fraction of sp³-hybridized carbons (Fsp3) is 0.435. The fourth-order valence-electron chi connectivity index (χ4n) is 3.80. The number of ether oxygens (including phenoxy) is 3. The lowest BCUT2D eigenvalue weighted by Gasteiger charge is -2.31. The third kappa shape index (κ3) is 5.01. The summed E-state index contributed by atoms with van der Waals surface area (Å²) in [5.74, 6) is 2.22. The minimum absolute atomic E-state index is 0.0685. The molecule has 0 saturated carbocycles. The van der Waals surface area contributed by atoms with Gasteiger partial charge in [0.15, 0.2) is 17.5 Å². The van der Waals surface area contributed by atoms with Gasteiger partial charge in [0.1, 0.15) is 0 Å². The summed E-state index contributed by atoms with van der Waals surface area (Å²) >= 11 is 0. The molecule has 0 aliphatic carbocycles. The summed E-state index contributed by atoms with van der Waals surface area (Å²) in [5.41, 5.74) is 9.46. The number of anilines is 1. The van der Waals surface area contributed by atoms with E-state index in [1.807, 2.05) is 18.2 Å². The molecule has 6 heteroatoms. The third-order valence-electron chi connectivity index (χ3n) is 5.37. The van der Waals surface area contributed by atoms with Crippen molar-refractivity contribution in [2.24, 2.45) is 16.6 Å². The molecule has 0 bridgehead atoms. The zero-order valence-corrected chi connectivity index (χ0v) is 16.9. The highest BCUT2D eigenvalue weighted by Crippen LogP contribution is 2.34. The topological polar surface area (TPSA) is 78.1 Å². The number of aryl methyl sites for hydroxylation is 1. The lowest BCUT2D eigenvalue weighted by Crippen LogP contribution is -2.28. The van der Waals surface area contributed by atoms with Crippen molar-refractivity contribution >= 4 is 11.6 Å². The van der Waals surface area contributed by atoms with Gasteiger partial charge in [-0.25, -0.2) is 0 Å². The monoisotopic (exact) mass is 395 g/mol. The smallest absolute Gasteiger partial charge is 0.193 e. The molecule has 2 aromatic rings. The largest absolute Gasteiger partial charge is 0.490 e. The van der Waals surface area contributed by atoms with Gasteiger partial charge in [-0.3, -0.25) is 4.99 Å². The quantitative estimate of drug-likeness (QED) is 0.603. The third-order valence-corrected chi connectivity index (χ3v) is 5.37. The summed E-state index contributed by atoms with van der Waals surface area (Å²) in [4.78, 5) is 4.60. The second-order valence-corrected chi connectivity index (χ2v) is 7.67. The molecule has 6 nitrogen and oxygen atoms in total. The van der Waals surface area contributed by atoms with Gasteiger partial charge in [0.2, 0.25) is 0 Å². The first-order valence-corrected chi connectivity index (χ1v) is 10.3. The zero-order chi connectivity index (χ0) is 20.1. The Morgan fingerprint density at radius 3 is 2.66 bits per heavy atom. The van der Waals surface area contributed by atoms with Crippen molar-refractivity contribution in [2.75, 3.05) is 31.7 Å². The summed E-state index contributed by atoms with van der Waals surface area (Å²) in [6, 6.07) is 14.3. The van der Waals surface area contributed by atoms with Crippen LogP contribution < -0.4 is 20.5 Å². The number of hydrogen-bond donors (Lipinski definition) is 2. The van der Waals surface area contributed by atoms with E-state index in [9.17, 15) is 0 Å². The molecule has 2 unspecified atom stereocenters. The fourth-order valence-corrected chi connectivity index (χ4v) is 3.80. The van der Waals surface area contributed by atoms with E-state index in [1.165, 1.54) is 11.1 Å². The summed E-state index contributed by atoms with van der Waals surface area (Å²) in [7, 11) is 0. The summed E-state index contributed by atoms with van der Waals surface area (Å²) in [6.45, 7) is 4.85. The van der Waals surface area contributed by atoms with Gasteiger partial charge < -0.3 is 25.3 Å².